The van der Waals surface area contributed by atoms with Crippen molar-refractivity contribution in [2.24, 2.45) is 5.92 Å². The molecule has 0 aromatic rings. The van der Waals surface area contributed by atoms with E-state index < -0.39 is 21.2 Å². The standard InChI is InChI=1S/C21H36N6O6S/c1-12-8-14(33-23-12)10-27-19(28)16-9-15(34(30,31)25-21(3)6-7-21)4-5-17(16)26(20(27)29)11-18-22-13(2)32-24-18/h12-18,22-25H,4-11H2,1-3H3. The fraction of sp³-hybridized carbons (Fsp3) is 0.905. The molecule has 5 aliphatic rings. The van der Waals surface area contributed by atoms with Crippen LogP contribution in [0.2, 0.25) is 0 Å². The SMILES string of the molecule is CC1CC(CN2C(=O)C3CC(S(=O)(=O)NC4(C)CC4)CCC3N(CC3NOC(C)N3)C2=O)ON1. The molecule has 3 heterocycles. The van der Waals surface area contributed by atoms with Gasteiger partial charge in [-0.2, -0.15) is 11.0 Å². The molecule has 2 aliphatic carbocycles. The quantitative estimate of drug-likeness (QED) is 0.372. The van der Waals surface area contributed by atoms with Crippen molar-refractivity contribution in [1.82, 2.24) is 30.8 Å². The van der Waals surface area contributed by atoms with Crippen LogP contribution in [-0.2, 0) is 24.5 Å². The molecule has 13 heteroatoms. The van der Waals surface area contributed by atoms with Crippen molar-refractivity contribution in [3.8, 4) is 0 Å². The van der Waals surface area contributed by atoms with Crippen LogP contribution < -0.4 is 21.0 Å². The minimum atomic E-state index is -3.56. The fourth-order valence-corrected chi connectivity index (χ4v) is 7.53. The predicted molar refractivity (Wildman–Crippen MR) is 121 cm³/mol. The number of hydrogen-bond acceptors (Lipinski definition) is 9. The molecule has 0 aromatic heterocycles. The second-order valence-electron chi connectivity index (χ2n) is 10.8. The number of nitrogens with one attached hydrogen (secondary N) is 4. The minimum Gasteiger partial charge on any atom is -0.318 e. The van der Waals surface area contributed by atoms with E-state index in [2.05, 4.69) is 21.0 Å². The van der Waals surface area contributed by atoms with Gasteiger partial charge in [-0.3, -0.25) is 24.7 Å². The average Bonchev–Trinajstić information content (AvgIpc) is 3.14. The van der Waals surface area contributed by atoms with E-state index in [9.17, 15) is 18.0 Å². The highest BCUT2D eigenvalue weighted by atomic mass is 32.2. The Morgan fingerprint density at radius 3 is 2.47 bits per heavy atom. The molecular formula is C21H36N6O6S. The number of hydrogen-bond donors (Lipinski definition) is 4. The summed E-state index contributed by atoms with van der Waals surface area (Å²) in [7, 11) is -3.56. The first-order valence-electron chi connectivity index (χ1n) is 12.3. The van der Waals surface area contributed by atoms with E-state index in [0.717, 1.165) is 12.8 Å². The maximum atomic E-state index is 13.6. The van der Waals surface area contributed by atoms with E-state index in [1.165, 1.54) is 4.90 Å². The minimum absolute atomic E-state index is 0.133. The van der Waals surface area contributed by atoms with Gasteiger partial charge in [0.25, 0.3) is 0 Å². The molecule has 0 bridgehead atoms. The van der Waals surface area contributed by atoms with Gasteiger partial charge in [-0.05, 0) is 59.3 Å². The van der Waals surface area contributed by atoms with Crippen LogP contribution in [0.15, 0.2) is 0 Å². The average molecular weight is 501 g/mol. The molecule has 5 fully saturated rings. The van der Waals surface area contributed by atoms with Crippen molar-refractivity contribution in [2.45, 2.75) is 101 Å². The lowest BCUT2D eigenvalue weighted by atomic mass is 9.80. The van der Waals surface area contributed by atoms with E-state index in [0.29, 0.717) is 25.8 Å². The second-order valence-corrected chi connectivity index (χ2v) is 12.8. The van der Waals surface area contributed by atoms with Gasteiger partial charge in [0.15, 0.2) is 0 Å². The molecule has 0 aromatic carbocycles. The number of sulfonamides is 1. The Bertz CT molecular complexity index is 929. The van der Waals surface area contributed by atoms with Crippen LogP contribution in [0.5, 0.6) is 0 Å². The molecule has 0 spiro atoms. The van der Waals surface area contributed by atoms with Gasteiger partial charge in [0.1, 0.15) is 12.4 Å². The first-order valence-corrected chi connectivity index (χ1v) is 13.8. The van der Waals surface area contributed by atoms with E-state index >= 15 is 0 Å². The zero-order valence-electron chi connectivity index (χ0n) is 20.0. The van der Waals surface area contributed by atoms with Crippen LogP contribution >= 0.6 is 0 Å². The van der Waals surface area contributed by atoms with Crippen molar-refractivity contribution in [3.63, 3.8) is 0 Å². The van der Waals surface area contributed by atoms with Crippen LogP contribution in [0.4, 0.5) is 4.79 Å². The smallest absolute Gasteiger partial charge is 0.318 e. The van der Waals surface area contributed by atoms with Crippen LogP contribution in [0.25, 0.3) is 0 Å². The van der Waals surface area contributed by atoms with E-state index in [4.69, 9.17) is 9.68 Å². The van der Waals surface area contributed by atoms with E-state index in [1.54, 1.807) is 4.90 Å². The summed E-state index contributed by atoms with van der Waals surface area (Å²) >= 11 is 0. The topological polar surface area (TPSA) is 141 Å². The lowest BCUT2D eigenvalue weighted by Crippen LogP contribution is -2.66. The summed E-state index contributed by atoms with van der Waals surface area (Å²) in [5.74, 6) is -0.879. The van der Waals surface area contributed by atoms with Crippen molar-refractivity contribution in [1.29, 1.82) is 0 Å². The van der Waals surface area contributed by atoms with E-state index in [-0.39, 0.29) is 61.0 Å². The Kier molecular flexibility index (Phi) is 6.41. The first kappa shape index (κ1) is 24.3. The summed E-state index contributed by atoms with van der Waals surface area (Å²) in [6.07, 6.45) is 2.63. The van der Waals surface area contributed by atoms with Crippen LogP contribution in [-0.4, -0.2) is 84.6 Å². The second kappa shape index (κ2) is 8.95. The van der Waals surface area contributed by atoms with Crippen molar-refractivity contribution in [2.75, 3.05) is 13.1 Å². The van der Waals surface area contributed by atoms with E-state index in [1.807, 2.05) is 20.8 Å². The lowest BCUT2D eigenvalue weighted by Gasteiger charge is -2.49. The monoisotopic (exact) mass is 500 g/mol. The lowest BCUT2D eigenvalue weighted by molar-refractivity contribution is -0.142. The third-order valence-electron chi connectivity index (χ3n) is 7.69. The van der Waals surface area contributed by atoms with Crippen LogP contribution in [0, 0.1) is 5.92 Å². The van der Waals surface area contributed by atoms with Gasteiger partial charge >= 0.3 is 6.03 Å². The van der Waals surface area contributed by atoms with Gasteiger partial charge in [0.05, 0.1) is 30.4 Å². The van der Waals surface area contributed by atoms with Gasteiger partial charge in [-0.25, -0.2) is 17.9 Å². The molecule has 0 radical (unpaired) electrons. The molecule has 2 saturated carbocycles. The molecule has 3 amide bonds. The van der Waals surface area contributed by atoms with Gasteiger partial charge in [0.2, 0.25) is 15.9 Å². The summed E-state index contributed by atoms with van der Waals surface area (Å²) in [6.45, 7) is 6.19. The molecule has 12 nitrogen and oxygen atoms in total. The summed E-state index contributed by atoms with van der Waals surface area (Å²) < 4.78 is 29.0. The molecular weight excluding hydrogens is 464 g/mol. The molecule has 4 N–H and O–H groups in total. The number of imide groups is 1. The zero-order chi connectivity index (χ0) is 24.3. The Morgan fingerprint density at radius 2 is 1.85 bits per heavy atom. The third-order valence-corrected chi connectivity index (χ3v) is 9.78. The summed E-state index contributed by atoms with van der Waals surface area (Å²) in [5, 5.41) is 2.57. The van der Waals surface area contributed by atoms with Crippen molar-refractivity contribution >= 4 is 22.0 Å². The maximum absolute atomic E-state index is 13.6. The van der Waals surface area contributed by atoms with Crippen LogP contribution in [0.3, 0.4) is 0 Å². The maximum Gasteiger partial charge on any atom is 0.327 e. The summed E-state index contributed by atoms with van der Waals surface area (Å²) in [6, 6.07) is -0.573. The molecule has 3 saturated heterocycles. The summed E-state index contributed by atoms with van der Waals surface area (Å²) in [4.78, 5) is 41.0. The van der Waals surface area contributed by atoms with Gasteiger partial charge in [-0.15, -0.1) is 0 Å². The molecule has 192 valence electrons. The highest BCUT2D eigenvalue weighted by Crippen LogP contribution is 2.40. The van der Waals surface area contributed by atoms with Crippen LogP contribution in [0.1, 0.15) is 59.3 Å². The highest BCUT2D eigenvalue weighted by Gasteiger charge is 2.53. The number of amides is 3. The van der Waals surface area contributed by atoms with Gasteiger partial charge in [0, 0.05) is 17.6 Å². The normalized spacial score (nSPS) is 40.0. The van der Waals surface area contributed by atoms with Crippen molar-refractivity contribution < 1.29 is 27.7 Å². The number of carbonyl (C=O) groups is 2. The zero-order valence-corrected chi connectivity index (χ0v) is 20.8. The highest BCUT2D eigenvalue weighted by molar-refractivity contribution is 7.90. The first-order chi connectivity index (χ1) is 16.0. The molecule has 34 heavy (non-hydrogen) atoms. The molecule has 7 unspecified atom stereocenters. The Hall–Kier alpha value is -1.35. The number of hydroxylamine groups is 2. The fourth-order valence-electron chi connectivity index (χ4n) is 5.57. The van der Waals surface area contributed by atoms with Crippen molar-refractivity contribution in [3.05, 3.63) is 0 Å². The number of rotatable bonds is 7. The Balaban J connectivity index is 1.36. The Morgan fingerprint density at radius 1 is 1.09 bits per heavy atom. The summed E-state index contributed by atoms with van der Waals surface area (Å²) in [5.41, 5.74) is 5.42. The number of urea groups is 1. The van der Waals surface area contributed by atoms with Gasteiger partial charge in [-0.1, -0.05) is 0 Å². The number of carbonyl (C=O) groups excluding carboxylic acids is 2. The molecule has 5 rings (SSSR count). The molecule has 7 atom stereocenters. The Labute approximate surface area is 200 Å². The third kappa shape index (κ3) is 4.84. The van der Waals surface area contributed by atoms with Gasteiger partial charge < -0.3 is 4.90 Å². The largest absolute Gasteiger partial charge is 0.327 e. The molecule has 3 aliphatic heterocycles. The number of nitrogens with zero attached hydrogens (tertiary/aromatic N) is 2. The number of fused-ring (bicyclic) bond motifs is 1. The predicted octanol–water partition coefficient (Wildman–Crippen LogP) is -0.262.